The van der Waals surface area contributed by atoms with Crippen LogP contribution in [0.2, 0.25) is 0 Å². The standard InChI is InChI=1S/C30H39N3O3/c34-29-16-13-23-7-3-4-10-28(23)33(29)26-17-20-32(21-18-26)30(35)24-11-14-27(15-12-24)36-22-5-1-2-8-25-9-6-19-31-25/h3-4,7,10-12,14-15,25-26,31H,1-2,5-6,8-9,13,16-22H2. The van der Waals surface area contributed by atoms with Gasteiger partial charge in [-0.2, -0.15) is 0 Å². The van der Waals surface area contributed by atoms with Gasteiger partial charge < -0.3 is 19.9 Å². The first-order chi connectivity index (χ1) is 17.7. The minimum absolute atomic E-state index is 0.0610. The highest BCUT2D eigenvalue weighted by atomic mass is 16.5. The van der Waals surface area contributed by atoms with E-state index >= 15 is 0 Å². The quantitative estimate of drug-likeness (QED) is 0.506. The van der Waals surface area contributed by atoms with E-state index in [-0.39, 0.29) is 17.9 Å². The maximum Gasteiger partial charge on any atom is 0.253 e. The van der Waals surface area contributed by atoms with Crippen LogP contribution in [0.1, 0.15) is 73.7 Å². The zero-order valence-corrected chi connectivity index (χ0v) is 21.3. The molecule has 6 heteroatoms. The summed E-state index contributed by atoms with van der Waals surface area (Å²) in [4.78, 5) is 29.8. The molecule has 2 aromatic carbocycles. The van der Waals surface area contributed by atoms with Gasteiger partial charge in [-0.3, -0.25) is 9.59 Å². The van der Waals surface area contributed by atoms with Crippen LogP contribution in [0.5, 0.6) is 5.75 Å². The molecule has 2 aromatic rings. The Kier molecular flexibility index (Phi) is 8.22. The zero-order chi connectivity index (χ0) is 24.7. The Hall–Kier alpha value is -2.86. The average Bonchev–Trinajstić information content (AvgIpc) is 3.44. The SMILES string of the molecule is O=C(c1ccc(OCCCCCC2CCCN2)cc1)N1CCC(N2C(=O)CCc3ccccc32)CC1. The van der Waals surface area contributed by atoms with Crippen molar-refractivity contribution in [2.24, 2.45) is 0 Å². The van der Waals surface area contributed by atoms with Crippen molar-refractivity contribution in [3.63, 3.8) is 0 Å². The van der Waals surface area contributed by atoms with Gasteiger partial charge >= 0.3 is 0 Å². The van der Waals surface area contributed by atoms with Crippen molar-refractivity contribution in [3.05, 3.63) is 59.7 Å². The Labute approximate surface area is 215 Å². The predicted octanol–water partition coefficient (Wildman–Crippen LogP) is 4.96. The van der Waals surface area contributed by atoms with E-state index in [0.717, 1.165) is 49.8 Å². The number of anilines is 1. The molecule has 1 unspecified atom stereocenters. The molecule has 0 aromatic heterocycles. The number of unbranched alkanes of at least 4 members (excludes halogenated alkanes) is 2. The second kappa shape index (κ2) is 11.9. The third-order valence-corrected chi connectivity index (χ3v) is 7.97. The Morgan fingerprint density at radius 3 is 2.53 bits per heavy atom. The number of nitrogens with zero attached hydrogens (tertiary/aromatic N) is 2. The van der Waals surface area contributed by atoms with E-state index in [4.69, 9.17) is 4.74 Å². The fourth-order valence-electron chi connectivity index (χ4n) is 5.92. The summed E-state index contributed by atoms with van der Waals surface area (Å²) in [7, 11) is 0. The number of para-hydroxylation sites is 1. The molecule has 0 radical (unpaired) electrons. The maximum absolute atomic E-state index is 13.1. The van der Waals surface area contributed by atoms with E-state index in [2.05, 4.69) is 17.4 Å². The number of likely N-dealkylation sites (tertiary alicyclic amines) is 1. The van der Waals surface area contributed by atoms with Crippen molar-refractivity contribution in [2.75, 3.05) is 31.1 Å². The Balaban J connectivity index is 1.06. The van der Waals surface area contributed by atoms with E-state index in [0.29, 0.717) is 25.1 Å². The number of amides is 2. The molecule has 0 bridgehead atoms. The minimum Gasteiger partial charge on any atom is -0.494 e. The van der Waals surface area contributed by atoms with E-state index in [9.17, 15) is 9.59 Å². The number of fused-ring (bicyclic) bond motifs is 1. The summed E-state index contributed by atoms with van der Waals surface area (Å²) in [6.45, 7) is 3.24. The summed E-state index contributed by atoms with van der Waals surface area (Å²) in [6, 6.07) is 16.7. The number of ether oxygens (including phenoxy) is 1. The van der Waals surface area contributed by atoms with Gasteiger partial charge in [-0.05, 0) is 87.4 Å². The molecule has 1 atom stereocenters. The molecule has 36 heavy (non-hydrogen) atoms. The fourth-order valence-corrected chi connectivity index (χ4v) is 5.92. The minimum atomic E-state index is 0.0610. The number of piperidine rings is 1. The maximum atomic E-state index is 13.1. The van der Waals surface area contributed by atoms with Crippen molar-refractivity contribution in [3.8, 4) is 5.75 Å². The lowest BCUT2D eigenvalue weighted by Gasteiger charge is -2.41. The summed E-state index contributed by atoms with van der Waals surface area (Å²) < 4.78 is 5.90. The van der Waals surface area contributed by atoms with Crippen LogP contribution in [0, 0.1) is 0 Å². The molecule has 5 rings (SSSR count). The highest BCUT2D eigenvalue weighted by Crippen LogP contribution is 2.32. The zero-order valence-electron chi connectivity index (χ0n) is 21.3. The van der Waals surface area contributed by atoms with Gasteiger partial charge in [0.2, 0.25) is 5.91 Å². The fraction of sp³-hybridized carbons (Fsp3) is 0.533. The number of benzene rings is 2. The van der Waals surface area contributed by atoms with Crippen LogP contribution in [0.15, 0.2) is 48.5 Å². The van der Waals surface area contributed by atoms with Gasteiger partial charge in [0.15, 0.2) is 0 Å². The summed E-state index contributed by atoms with van der Waals surface area (Å²) in [5.74, 6) is 1.09. The van der Waals surface area contributed by atoms with Crippen LogP contribution in [-0.4, -0.2) is 55.0 Å². The second-order valence-corrected chi connectivity index (χ2v) is 10.4. The topological polar surface area (TPSA) is 61.9 Å². The Morgan fingerprint density at radius 2 is 1.75 bits per heavy atom. The number of hydrogen-bond donors (Lipinski definition) is 1. The average molecular weight is 490 g/mol. The molecular weight excluding hydrogens is 450 g/mol. The lowest BCUT2D eigenvalue weighted by Crippen LogP contribution is -2.50. The first-order valence-electron chi connectivity index (χ1n) is 13.8. The number of aryl methyl sites for hydroxylation is 1. The molecule has 3 heterocycles. The summed E-state index contributed by atoms with van der Waals surface area (Å²) in [5, 5.41) is 3.56. The van der Waals surface area contributed by atoms with Gasteiger partial charge in [0.1, 0.15) is 5.75 Å². The first kappa shape index (κ1) is 24.8. The van der Waals surface area contributed by atoms with Crippen LogP contribution in [-0.2, 0) is 11.2 Å². The van der Waals surface area contributed by atoms with E-state index in [1.807, 2.05) is 46.2 Å². The molecule has 1 N–H and O–H groups in total. The lowest BCUT2D eigenvalue weighted by atomic mass is 9.95. The van der Waals surface area contributed by atoms with E-state index < -0.39 is 0 Å². The third kappa shape index (κ3) is 5.92. The molecule has 3 aliphatic rings. The number of nitrogens with one attached hydrogen (secondary N) is 1. The molecule has 0 aliphatic carbocycles. The summed E-state index contributed by atoms with van der Waals surface area (Å²) in [5.41, 5.74) is 3.00. The normalized spacial score (nSPS) is 20.4. The van der Waals surface area contributed by atoms with Crippen LogP contribution in [0.25, 0.3) is 0 Å². The van der Waals surface area contributed by atoms with Crippen molar-refractivity contribution < 1.29 is 14.3 Å². The van der Waals surface area contributed by atoms with E-state index in [1.165, 1.54) is 44.2 Å². The number of rotatable bonds is 9. The van der Waals surface area contributed by atoms with Gasteiger partial charge in [-0.15, -0.1) is 0 Å². The number of hydrogen-bond acceptors (Lipinski definition) is 4. The highest BCUT2D eigenvalue weighted by Gasteiger charge is 2.33. The van der Waals surface area contributed by atoms with Gasteiger partial charge in [0.05, 0.1) is 6.61 Å². The molecule has 2 amide bonds. The molecule has 192 valence electrons. The van der Waals surface area contributed by atoms with Gasteiger partial charge in [-0.25, -0.2) is 0 Å². The molecule has 6 nitrogen and oxygen atoms in total. The molecule has 2 saturated heterocycles. The van der Waals surface area contributed by atoms with Crippen LogP contribution in [0.4, 0.5) is 5.69 Å². The number of carbonyl (C=O) groups excluding carboxylic acids is 2. The largest absolute Gasteiger partial charge is 0.494 e. The lowest BCUT2D eigenvalue weighted by molar-refractivity contribution is -0.119. The second-order valence-electron chi connectivity index (χ2n) is 10.4. The predicted molar refractivity (Wildman–Crippen MR) is 143 cm³/mol. The first-order valence-corrected chi connectivity index (χ1v) is 13.8. The molecule has 3 aliphatic heterocycles. The van der Waals surface area contributed by atoms with Crippen molar-refractivity contribution in [1.82, 2.24) is 10.2 Å². The molecule has 0 spiro atoms. The van der Waals surface area contributed by atoms with Crippen LogP contribution in [0.3, 0.4) is 0 Å². The van der Waals surface area contributed by atoms with Crippen molar-refractivity contribution in [1.29, 1.82) is 0 Å². The van der Waals surface area contributed by atoms with Gasteiger partial charge in [-0.1, -0.05) is 31.0 Å². The smallest absolute Gasteiger partial charge is 0.253 e. The van der Waals surface area contributed by atoms with Gasteiger partial charge in [0.25, 0.3) is 5.91 Å². The monoisotopic (exact) mass is 489 g/mol. The third-order valence-electron chi connectivity index (χ3n) is 7.97. The highest BCUT2D eigenvalue weighted by molar-refractivity contribution is 5.97. The Bertz CT molecular complexity index is 1020. The molecular formula is C30H39N3O3. The number of carbonyl (C=O) groups is 2. The summed E-state index contributed by atoms with van der Waals surface area (Å²) >= 11 is 0. The summed E-state index contributed by atoms with van der Waals surface area (Å²) in [6.07, 6.45) is 10.4. The molecule has 0 saturated carbocycles. The van der Waals surface area contributed by atoms with Crippen LogP contribution >= 0.6 is 0 Å². The van der Waals surface area contributed by atoms with Crippen molar-refractivity contribution in [2.45, 2.75) is 76.3 Å². The molecule has 2 fully saturated rings. The van der Waals surface area contributed by atoms with Crippen LogP contribution < -0.4 is 15.0 Å². The van der Waals surface area contributed by atoms with E-state index in [1.54, 1.807) is 0 Å². The Morgan fingerprint density at radius 1 is 0.944 bits per heavy atom. The van der Waals surface area contributed by atoms with Crippen molar-refractivity contribution >= 4 is 17.5 Å². The van der Waals surface area contributed by atoms with Gasteiger partial charge in [0, 0.05) is 42.8 Å².